The molecular formula is C15H17N5S. The molecule has 0 unspecified atom stereocenters. The number of nitrogens with one attached hydrogen (secondary N) is 1. The minimum Gasteiger partial charge on any atom is -0.380 e. The maximum absolute atomic E-state index is 4.37. The number of hydrogen-bond donors (Lipinski definition) is 1. The van der Waals surface area contributed by atoms with Crippen molar-refractivity contribution in [3.05, 3.63) is 46.7 Å². The van der Waals surface area contributed by atoms with Crippen LogP contribution in [-0.2, 0) is 20.0 Å². The van der Waals surface area contributed by atoms with Crippen LogP contribution in [0.1, 0.15) is 16.8 Å². The van der Waals surface area contributed by atoms with E-state index in [9.17, 15) is 0 Å². The van der Waals surface area contributed by atoms with Gasteiger partial charge in [-0.2, -0.15) is 0 Å². The average Bonchev–Trinajstić information content (AvgIpc) is 3.14. The summed E-state index contributed by atoms with van der Waals surface area (Å²) in [5, 5.41) is 12.7. The van der Waals surface area contributed by atoms with Crippen LogP contribution in [0.25, 0.3) is 11.4 Å². The molecular weight excluding hydrogens is 282 g/mol. The Bertz CT molecular complexity index is 731. The van der Waals surface area contributed by atoms with Crippen molar-refractivity contribution < 1.29 is 0 Å². The molecule has 0 amide bonds. The third-order valence-corrected chi connectivity index (χ3v) is 4.34. The third kappa shape index (κ3) is 3.11. The van der Waals surface area contributed by atoms with Gasteiger partial charge in [0.25, 0.3) is 0 Å². The minimum absolute atomic E-state index is 0.792. The van der Waals surface area contributed by atoms with Gasteiger partial charge >= 0.3 is 0 Å². The zero-order valence-corrected chi connectivity index (χ0v) is 12.9. The molecule has 2 aromatic heterocycles. The van der Waals surface area contributed by atoms with E-state index in [1.165, 1.54) is 9.88 Å². The van der Waals surface area contributed by atoms with Gasteiger partial charge in [-0.05, 0) is 18.6 Å². The monoisotopic (exact) mass is 299 g/mol. The lowest BCUT2D eigenvalue weighted by molar-refractivity contribution is 0.920. The highest BCUT2D eigenvalue weighted by Crippen LogP contribution is 2.21. The fourth-order valence-electron chi connectivity index (χ4n) is 2.10. The van der Waals surface area contributed by atoms with Crippen LogP contribution in [0.3, 0.4) is 0 Å². The van der Waals surface area contributed by atoms with Crippen molar-refractivity contribution in [1.82, 2.24) is 19.7 Å². The molecule has 0 aliphatic carbocycles. The lowest BCUT2D eigenvalue weighted by Gasteiger charge is -2.07. The first kappa shape index (κ1) is 13.8. The Morgan fingerprint density at radius 3 is 2.95 bits per heavy atom. The summed E-state index contributed by atoms with van der Waals surface area (Å²) >= 11 is 1.76. The highest BCUT2D eigenvalue weighted by molar-refractivity contribution is 7.11. The fourth-order valence-corrected chi connectivity index (χ4v) is 2.90. The van der Waals surface area contributed by atoms with Crippen molar-refractivity contribution in [2.24, 2.45) is 7.05 Å². The Labute approximate surface area is 127 Å². The molecule has 2 heterocycles. The molecule has 0 saturated carbocycles. The Kier molecular flexibility index (Phi) is 3.96. The SMILES string of the molecule is CCc1ncc(CNc2cccc(-c3nncn3C)c2)s1. The predicted molar refractivity (Wildman–Crippen MR) is 85.3 cm³/mol. The average molecular weight is 299 g/mol. The van der Waals surface area contributed by atoms with Crippen LogP contribution in [0.15, 0.2) is 36.8 Å². The molecule has 0 aliphatic heterocycles. The van der Waals surface area contributed by atoms with E-state index in [-0.39, 0.29) is 0 Å². The van der Waals surface area contributed by atoms with Crippen molar-refractivity contribution >= 4 is 17.0 Å². The maximum atomic E-state index is 4.37. The molecule has 0 spiro atoms. The number of rotatable bonds is 5. The molecule has 0 atom stereocenters. The highest BCUT2D eigenvalue weighted by atomic mass is 32.1. The van der Waals surface area contributed by atoms with Crippen LogP contribution in [0, 0.1) is 0 Å². The number of hydrogen-bond acceptors (Lipinski definition) is 5. The van der Waals surface area contributed by atoms with E-state index < -0.39 is 0 Å². The van der Waals surface area contributed by atoms with Gasteiger partial charge in [0.15, 0.2) is 5.82 Å². The summed E-state index contributed by atoms with van der Waals surface area (Å²) in [5.41, 5.74) is 2.13. The normalized spacial score (nSPS) is 10.8. The van der Waals surface area contributed by atoms with Crippen LogP contribution >= 0.6 is 11.3 Å². The highest BCUT2D eigenvalue weighted by Gasteiger charge is 2.05. The number of aryl methyl sites for hydroxylation is 2. The number of anilines is 1. The first-order valence-corrected chi connectivity index (χ1v) is 7.70. The molecule has 0 saturated heterocycles. The maximum Gasteiger partial charge on any atom is 0.163 e. The van der Waals surface area contributed by atoms with Gasteiger partial charge < -0.3 is 9.88 Å². The third-order valence-electron chi connectivity index (χ3n) is 3.20. The lowest BCUT2D eigenvalue weighted by Crippen LogP contribution is -1.98. The Hall–Kier alpha value is -2.21. The fraction of sp³-hybridized carbons (Fsp3) is 0.267. The van der Waals surface area contributed by atoms with Crippen molar-refractivity contribution in [3.63, 3.8) is 0 Å². The van der Waals surface area contributed by atoms with Crippen molar-refractivity contribution in [2.45, 2.75) is 19.9 Å². The van der Waals surface area contributed by atoms with E-state index in [4.69, 9.17) is 0 Å². The van der Waals surface area contributed by atoms with Gasteiger partial charge in [-0.1, -0.05) is 19.1 Å². The molecule has 0 fully saturated rings. The van der Waals surface area contributed by atoms with E-state index in [1.54, 1.807) is 17.7 Å². The molecule has 21 heavy (non-hydrogen) atoms. The van der Waals surface area contributed by atoms with Crippen LogP contribution in [0.4, 0.5) is 5.69 Å². The van der Waals surface area contributed by atoms with Gasteiger partial charge in [0.1, 0.15) is 6.33 Å². The molecule has 108 valence electrons. The zero-order chi connectivity index (χ0) is 14.7. The van der Waals surface area contributed by atoms with Gasteiger partial charge in [-0.3, -0.25) is 0 Å². The molecule has 3 aromatic rings. The first-order chi connectivity index (χ1) is 10.3. The van der Waals surface area contributed by atoms with Crippen molar-refractivity contribution in [3.8, 4) is 11.4 Å². The number of nitrogens with zero attached hydrogens (tertiary/aromatic N) is 4. The summed E-state index contributed by atoms with van der Waals surface area (Å²) < 4.78 is 1.91. The molecule has 3 rings (SSSR count). The molecule has 0 radical (unpaired) electrons. The van der Waals surface area contributed by atoms with Crippen LogP contribution in [0.5, 0.6) is 0 Å². The topological polar surface area (TPSA) is 55.6 Å². The number of benzene rings is 1. The second-order valence-corrected chi connectivity index (χ2v) is 5.97. The molecule has 0 aliphatic rings. The number of aromatic nitrogens is 4. The van der Waals surface area contributed by atoms with Gasteiger partial charge in [0.05, 0.1) is 11.6 Å². The van der Waals surface area contributed by atoms with Gasteiger partial charge in [0.2, 0.25) is 0 Å². The van der Waals surface area contributed by atoms with Crippen LogP contribution < -0.4 is 5.32 Å². The summed E-state index contributed by atoms with van der Waals surface area (Å²) in [7, 11) is 1.94. The standard InChI is InChI=1S/C15H17N5S/c1-3-14-17-9-13(21-14)8-16-12-6-4-5-11(7-12)15-19-18-10-20(15)2/h4-7,9-10,16H,3,8H2,1-2H3. The minimum atomic E-state index is 0.792. The molecule has 5 nitrogen and oxygen atoms in total. The molecule has 1 aromatic carbocycles. The quantitative estimate of drug-likeness (QED) is 0.786. The Morgan fingerprint density at radius 1 is 1.33 bits per heavy atom. The zero-order valence-electron chi connectivity index (χ0n) is 12.1. The molecule has 6 heteroatoms. The van der Waals surface area contributed by atoms with Gasteiger partial charge in [0, 0.05) is 29.4 Å². The van der Waals surface area contributed by atoms with E-state index in [0.29, 0.717) is 0 Å². The van der Waals surface area contributed by atoms with E-state index in [2.05, 4.69) is 39.6 Å². The van der Waals surface area contributed by atoms with E-state index in [0.717, 1.165) is 30.0 Å². The lowest BCUT2D eigenvalue weighted by atomic mass is 10.2. The van der Waals surface area contributed by atoms with E-state index >= 15 is 0 Å². The van der Waals surface area contributed by atoms with Crippen LogP contribution in [0.2, 0.25) is 0 Å². The first-order valence-electron chi connectivity index (χ1n) is 6.88. The second kappa shape index (κ2) is 6.05. The summed E-state index contributed by atoms with van der Waals surface area (Å²) in [4.78, 5) is 5.62. The molecule has 1 N–H and O–H groups in total. The Balaban J connectivity index is 1.73. The summed E-state index contributed by atoms with van der Waals surface area (Å²) in [6.07, 6.45) is 4.65. The number of thiazole rings is 1. The van der Waals surface area contributed by atoms with Gasteiger partial charge in [-0.15, -0.1) is 21.5 Å². The summed E-state index contributed by atoms with van der Waals surface area (Å²) in [6, 6.07) is 8.21. The van der Waals surface area contributed by atoms with Gasteiger partial charge in [-0.25, -0.2) is 4.98 Å². The smallest absolute Gasteiger partial charge is 0.163 e. The van der Waals surface area contributed by atoms with Crippen molar-refractivity contribution in [2.75, 3.05) is 5.32 Å². The molecule has 0 bridgehead atoms. The Morgan fingerprint density at radius 2 is 2.24 bits per heavy atom. The summed E-state index contributed by atoms with van der Waals surface area (Å²) in [6.45, 7) is 2.92. The van der Waals surface area contributed by atoms with Crippen molar-refractivity contribution in [1.29, 1.82) is 0 Å². The second-order valence-electron chi connectivity index (χ2n) is 4.77. The largest absolute Gasteiger partial charge is 0.380 e. The summed E-state index contributed by atoms with van der Waals surface area (Å²) in [5.74, 6) is 0.865. The van der Waals surface area contributed by atoms with E-state index in [1.807, 2.05) is 29.9 Å². The predicted octanol–water partition coefficient (Wildman–Crippen LogP) is 3.11. The van der Waals surface area contributed by atoms with Crippen LogP contribution in [-0.4, -0.2) is 19.7 Å².